The van der Waals surface area contributed by atoms with Crippen LogP contribution in [0, 0.1) is 0 Å². The molecule has 0 spiro atoms. The lowest BCUT2D eigenvalue weighted by Crippen LogP contribution is -2.49. The maximum atomic E-state index is 12.0. The van der Waals surface area contributed by atoms with Crippen LogP contribution < -0.4 is 5.32 Å². The van der Waals surface area contributed by atoms with Gasteiger partial charge in [-0.3, -0.25) is 4.90 Å². The predicted molar refractivity (Wildman–Crippen MR) is 72.4 cm³/mol. The van der Waals surface area contributed by atoms with Gasteiger partial charge in [0.25, 0.3) is 0 Å². The van der Waals surface area contributed by atoms with Gasteiger partial charge in [-0.15, -0.1) is 0 Å². The van der Waals surface area contributed by atoms with Crippen LogP contribution in [0.25, 0.3) is 0 Å². The van der Waals surface area contributed by atoms with Gasteiger partial charge >= 0.3 is 12.0 Å². The summed E-state index contributed by atoms with van der Waals surface area (Å²) in [7, 11) is 2.04. The predicted octanol–water partition coefficient (Wildman–Crippen LogP) is -0.301. The van der Waals surface area contributed by atoms with Gasteiger partial charge in [0, 0.05) is 31.6 Å². The van der Waals surface area contributed by atoms with E-state index in [0.29, 0.717) is 12.6 Å². The van der Waals surface area contributed by atoms with Crippen LogP contribution in [0.5, 0.6) is 0 Å². The average molecular weight is 285 g/mol. The quantitative estimate of drug-likeness (QED) is 0.645. The summed E-state index contributed by atoms with van der Waals surface area (Å²) in [4.78, 5) is 26.5. The maximum Gasteiger partial charge on any atom is 0.326 e. The number of carboxylic acid groups (broad SMARTS) is 1. The summed E-state index contributed by atoms with van der Waals surface area (Å²) < 4.78 is 0. The van der Waals surface area contributed by atoms with Crippen molar-refractivity contribution in [1.82, 2.24) is 15.1 Å². The third kappa shape index (κ3) is 3.40. The minimum atomic E-state index is -1.07. The summed E-state index contributed by atoms with van der Waals surface area (Å²) in [5.74, 6) is -1.07. The van der Waals surface area contributed by atoms with E-state index in [0.717, 1.165) is 0 Å². The lowest BCUT2D eigenvalue weighted by atomic mass is 10.2. The fourth-order valence-corrected chi connectivity index (χ4v) is 2.59. The molecule has 1 saturated heterocycles. The lowest BCUT2D eigenvalue weighted by molar-refractivity contribution is -0.141. The van der Waals surface area contributed by atoms with Crippen LogP contribution in [0.3, 0.4) is 0 Å². The van der Waals surface area contributed by atoms with E-state index in [1.807, 2.05) is 14.0 Å². The van der Waals surface area contributed by atoms with Crippen LogP contribution in [0.1, 0.15) is 26.2 Å². The summed E-state index contributed by atoms with van der Waals surface area (Å²) >= 11 is 0. The van der Waals surface area contributed by atoms with Gasteiger partial charge in [-0.2, -0.15) is 0 Å². The number of likely N-dealkylation sites (tertiary alicyclic amines) is 1. The monoisotopic (exact) mass is 285 g/mol. The smallest absolute Gasteiger partial charge is 0.326 e. The minimum absolute atomic E-state index is 0.0790. The summed E-state index contributed by atoms with van der Waals surface area (Å²) in [6, 6.07) is -0.518. The Balaban J connectivity index is 1.82. The summed E-state index contributed by atoms with van der Waals surface area (Å²) in [5.41, 5.74) is 0. The van der Waals surface area contributed by atoms with E-state index in [-0.39, 0.29) is 19.0 Å². The molecule has 114 valence electrons. The first-order chi connectivity index (χ1) is 9.40. The third-order valence-corrected chi connectivity index (χ3v) is 4.19. The largest absolute Gasteiger partial charge is 0.480 e. The van der Waals surface area contributed by atoms with E-state index in [1.54, 1.807) is 0 Å². The van der Waals surface area contributed by atoms with E-state index < -0.39 is 24.1 Å². The molecular formula is C13H23N3O4. The fraction of sp³-hybridized carbons (Fsp3) is 0.846. The zero-order valence-electron chi connectivity index (χ0n) is 12.0. The summed E-state index contributed by atoms with van der Waals surface area (Å²) in [5, 5.41) is 21.3. The van der Waals surface area contributed by atoms with E-state index in [9.17, 15) is 14.7 Å². The normalized spacial score (nSPS) is 27.7. The number of hydrogen-bond acceptors (Lipinski definition) is 4. The lowest BCUT2D eigenvalue weighted by Gasteiger charge is -2.27. The topological polar surface area (TPSA) is 93.1 Å². The van der Waals surface area contributed by atoms with Gasteiger partial charge in [0.15, 0.2) is 0 Å². The van der Waals surface area contributed by atoms with Gasteiger partial charge in [0.05, 0.1) is 6.10 Å². The van der Waals surface area contributed by atoms with Crippen LogP contribution >= 0.6 is 0 Å². The van der Waals surface area contributed by atoms with Crippen LogP contribution in [0.2, 0.25) is 0 Å². The molecule has 20 heavy (non-hydrogen) atoms. The third-order valence-electron chi connectivity index (χ3n) is 4.19. The fourth-order valence-electron chi connectivity index (χ4n) is 2.59. The molecule has 3 unspecified atom stereocenters. The summed E-state index contributed by atoms with van der Waals surface area (Å²) in [6.07, 6.45) is 1.75. The van der Waals surface area contributed by atoms with Crippen molar-refractivity contribution >= 4 is 12.0 Å². The van der Waals surface area contributed by atoms with Crippen LogP contribution in [-0.4, -0.2) is 76.4 Å². The van der Waals surface area contributed by atoms with E-state index >= 15 is 0 Å². The molecule has 0 radical (unpaired) electrons. The summed E-state index contributed by atoms with van der Waals surface area (Å²) in [6.45, 7) is 2.59. The molecule has 7 heteroatoms. The Labute approximate surface area is 118 Å². The molecule has 0 aromatic carbocycles. The number of aliphatic hydroxyl groups excluding tert-OH is 1. The second kappa shape index (κ2) is 5.97. The van der Waals surface area contributed by atoms with Crippen molar-refractivity contribution in [3.05, 3.63) is 0 Å². The molecule has 0 bridgehead atoms. The molecule has 3 atom stereocenters. The molecule has 3 N–H and O–H groups in total. The number of urea groups is 1. The van der Waals surface area contributed by atoms with Crippen molar-refractivity contribution in [3.8, 4) is 0 Å². The molecule has 2 amide bonds. The van der Waals surface area contributed by atoms with Gasteiger partial charge < -0.3 is 20.4 Å². The molecule has 1 heterocycles. The number of likely N-dealkylation sites (N-methyl/N-ethyl adjacent to an activating group) is 1. The molecule has 2 fully saturated rings. The molecule has 1 aliphatic heterocycles. The van der Waals surface area contributed by atoms with Gasteiger partial charge in [-0.05, 0) is 26.8 Å². The van der Waals surface area contributed by atoms with Crippen LogP contribution in [-0.2, 0) is 4.79 Å². The zero-order valence-corrected chi connectivity index (χ0v) is 12.0. The molecule has 1 saturated carbocycles. The molecule has 7 nitrogen and oxygen atoms in total. The van der Waals surface area contributed by atoms with Gasteiger partial charge in [-0.25, -0.2) is 9.59 Å². The highest BCUT2D eigenvalue weighted by Crippen LogP contribution is 2.26. The van der Waals surface area contributed by atoms with Gasteiger partial charge in [0.1, 0.15) is 6.04 Å². The van der Waals surface area contributed by atoms with Crippen molar-refractivity contribution in [2.75, 3.05) is 20.1 Å². The molecular weight excluding hydrogens is 262 g/mol. The van der Waals surface area contributed by atoms with E-state index in [4.69, 9.17) is 5.11 Å². The Bertz CT molecular complexity index is 386. The number of aliphatic carboxylic acids is 1. The second-order valence-corrected chi connectivity index (χ2v) is 5.83. The van der Waals surface area contributed by atoms with E-state index in [1.165, 1.54) is 17.7 Å². The Hall–Kier alpha value is -1.34. The van der Waals surface area contributed by atoms with Gasteiger partial charge in [-0.1, -0.05) is 0 Å². The molecule has 0 aromatic heterocycles. The number of carbonyl (C=O) groups is 2. The average Bonchev–Trinajstić information content (AvgIpc) is 3.16. The number of aliphatic hydroxyl groups is 1. The Kier molecular flexibility index (Phi) is 4.49. The minimum Gasteiger partial charge on any atom is -0.480 e. The molecule has 2 aliphatic rings. The number of carbonyl (C=O) groups excluding carboxylic acids is 1. The highest BCUT2D eigenvalue weighted by atomic mass is 16.4. The Morgan fingerprint density at radius 2 is 2.10 bits per heavy atom. The Morgan fingerprint density at radius 3 is 2.65 bits per heavy atom. The number of β-amino-alcohol motifs (C(OH)–C–C–N with tert-alkyl or cyclic N) is 1. The number of nitrogens with zero attached hydrogens (tertiary/aromatic N) is 2. The number of rotatable bonds is 5. The number of amides is 2. The Morgan fingerprint density at radius 1 is 1.45 bits per heavy atom. The number of carboxylic acids is 1. The van der Waals surface area contributed by atoms with Crippen LogP contribution in [0.15, 0.2) is 0 Å². The van der Waals surface area contributed by atoms with Crippen molar-refractivity contribution in [3.63, 3.8) is 0 Å². The van der Waals surface area contributed by atoms with Gasteiger partial charge in [0.2, 0.25) is 0 Å². The maximum absolute atomic E-state index is 12.0. The molecule has 1 aliphatic carbocycles. The number of nitrogens with one attached hydrogen (secondary N) is 1. The first-order valence-electron chi connectivity index (χ1n) is 7.07. The van der Waals surface area contributed by atoms with E-state index in [2.05, 4.69) is 10.2 Å². The number of hydrogen-bond donors (Lipinski definition) is 3. The standard InChI is InChI=1S/C13H23N3O4/c1-8(15(2)9-3-4-9)6-14-13(20)16-7-10(17)5-11(16)12(18)19/h8-11,17H,3-7H2,1-2H3,(H,14,20)(H,18,19). The van der Waals surface area contributed by atoms with Crippen molar-refractivity contribution in [2.24, 2.45) is 0 Å². The zero-order chi connectivity index (χ0) is 14.9. The SMILES string of the molecule is CC(CNC(=O)N1CC(O)CC1C(=O)O)N(C)C1CC1. The first-order valence-corrected chi connectivity index (χ1v) is 7.07. The second-order valence-electron chi connectivity index (χ2n) is 5.83. The van der Waals surface area contributed by atoms with Crippen LogP contribution in [0.4, 0.5) is 4.79 Å². The molecule has 2 rings (SSSR count). The molecule has 0 aromatic rings. The highest BCUT2D eigenvalue weighted by Gasteiger charge is 2.39. The van der Waals surface area contributed by atoms with Crippen molar-refractivity contribution in [1.29, 1.82) is 0 Å². The highest BCUT2D eigenvalue weighted by molar-refractivity contribution is 5.83. The van der Waals surface area contributed by atoms with Crippen molar-refractivity contribution in [2.45, 2.75) is 50.4 Å². The van der Waals surface area contributed by atoms with Crippen molar-refractivity contribution < 1.29 is 19.8 Å². The first kappa shape index (κ1) is 15.1.